The van der Waals surface area contributed by atoms with E-state index in [1.165, 1.54) is 67.9 Å². The molecule has 0 unspecified atom stereocenters. The van der Waals surface area contributed by atoms with Crippen LogP contribution in [0.3, 0.4) is 0 Å². The van der Waals surface area contributed by atoms with Crippen LogP contribution in [0.5, 0.6) is 0 Å². The maximum atomic E-state index is 13.5. The molecule has 0 radical (unpaired) electrons. The van der Waals surface area contributed by atoms with E-state index in [0.29, 0.717) is 6.08 Å². The van der Waals surface area contributed by atoms with E-state index >= 15 is 0 Å². The van der Waals surface area contributed by atoms with E-state index in [1.807, 2.05) is 0 Å². The molecule has 0 aromatic carbocycles. The molecule has 0 bridgehead atoms. The van der Waals surface area contributed by atoms with Crippen LogP contribution in [0.1, 0.15) is 15.9 Å². The molecule has 0 saturated heterocycles. The monoisotopic (exact) mass is 513 g/mol. The van der Waals surface area contributed by atoms with E-state index in [0.717, 1.165) is 16.8 Å². The van der Waals surface area contributed by atoms with Gasteiger partial charge in [0.05, 0.1) is 23.2 Å². The summed E-state index contributed by atoms with van der Waals surface area (Å²) in [7, 11) is 3.07. The van der Waals surface area contributed by atoms with Gasteiger partial charge in [-0.1, -0.05) is 0 Å². The molecule has 0 spiro atoms. The van der Waals surface area contributed by atoms with Crippen molar-refractivity contribution in [2.45, 2.75) is 12.7 Å². The van der Waals surface area contributed by atoms with Crippen LogP contribution in [0.4, 0.5) is 24.7 Å². The Labute approximate surface area is 209 Å². The van der Waals surface area contributed by atoms with E-state index in [9.17, 15) is 27.6 Å². The molecule has 192 valence electrons. The van der Waals surface area contributed by atoms with Gasteiger partial charge in [-0.05, 0) is 36.4 Å². The van der Waals surface area contributed by atoms with Crippen molar-refractivity contribution in [3.63, 3.8) is 0 Å². The molecule has 0 aliphatic heterocycles. The standard InChI is InChI=1S/C24H22F3N7O3/c1-33(2)22(36)14-34-13-16(5-8-21(34)35)23(37)31-17-6-7-20(30-12-17)32-19(24(25,26)27)10-18(28)15-4-3-9-29-11-15/h3-13,28H,14H2,1-2H3,(H,30,32)(H,31,37)/b19-10-,28-18?. The van der Waals surface area contributed by atoms with Gasteiger partial charge in [0, 0.05) is 44.3 Å². The quantitative estimate of drug-likeness (QED) is 0.397. The van der Waals surface area contributed by atoms with Crippen molar-refractivity contribution in [1.29, 1.82) is 5.41 Å². The summed E-state index contributed by atoms with van der Waals surface area (Å²) in [5, 5.41) is 12.6. The fourth-order valence-corrected chi connectivity index (χ4v) is 2.90. The Bertz CT molecular complexity index is 1380. The first-order valence-electron chi connectivity index (χ1n) is 10.7. The number of anilines is 2. The van der Waals surface area contributed by atoms with Crippen molar-refractivity contribution in [3.8, 4) is 0 Å². The Kier molecular flexibility index (Phi) is 8.17. The lowest BCUT2D eigenvalue weighted by molar-refractivity contribution is -0.129. The van der Waals surface area contributed by atoms with Gasteiger partial charge in [-0.2, -0.15) is 13.2 Å². The Morgan fingerprint density at radius 2 is 1.84 bits per heavy atom. The van der Waals surface area contributed by atoms with Gasteiger partial charge in [-0.15, -0.1) is 0 Å². The maximum Gasteiger partial charge on any atom is 0.431 e. The second-order valence-corrected chi connectivity index (χ2v) is 7.89. The Balaban J connectivity index is 1.73. The number of allylic oxidation sites excluding steroid dienone is 2. The van der Waals surface area contributed by atoms with Crippen molar-refractivity contribution in [2.75, 3.05) is 24.7 Å². The summed E-state index contributed by atoms with van der Waals surface area (Å²) >= 11 is 0. The number of pyridine rings is 3. The summed E-state index contributed by atoms with van der Waals surface area (Å²) in [6.45, 7) is -0.248. The van der Waals surface area contributed by atoms with E-state index in [1.54, 1.807) is 0 Å². The highest BCUT2D eigenvalue weighted by Crippen LogP contribution is 2.27. The first-order valence-corrected chi connectivity index (χ1v) is 10.7. The lowest BCUT2D eigenvalue weighted by Crippen LogP contribution is -2.31. The fourth-order valence-electron chi connectivity index (χ4n) is 2.90. The molecule has 3 N–H and O–H groups in total. The van der Waals surface area contributed by atoms with Crippen molar-refractivity contribution in [2.24, 2.45) is 0 Å². The number of halogens is 3. The third-order valence-electron chi connectivity index (χ3n) is 4.90. The Morgan fingerprint density at radius 1 is 1.08 bits per heavy atom. The number of alkyl halides is 3. The van der Waals surface area contributed by atoms with Gasteiger partial charge < -0.3 is 25.5 Å². The van der Waals surface area contributed by atoms with Crippen LogP contribution < -0.4 is 16.2 Å². The highest BCUT2D eigenvalue weighted by Gasteiger charge is 2.34. The third-order valence-corrected chi connectivity index (χ3v) is 4.90. The average Bonchev–Trinajstić information content (AvgIpc) is 2.85. The summed E-state index contributed by atoms with van der Waals surface area (Å²) in [6.07, 6.45) is 0.932. The second-order valence-electron chi connectivity index (χ2n) is 7.89. The third kappa shape index (κ3) is 7.34. The number of hydrogen-bond donors (Lipinski definition) is 3. The number of aromatic nitrogens is 3. The second kappa shape index (κ2) is 11.3. The first kappa shape index (κ1) is 26.8. The predicted octanol–water partition coefficient (Wildman–Crippen LogP) is 2.90. The van der Waals surface area contributed by atoms with Crippen molar-refractivity contribution in [3.05, 3.63) is 94.4 Å². The van der Waals surface area contributed by atoms with E-state index in [2.05, 4.69) is 20.6 Å². The van der Waals surface area contributed by atoms with E-state index < -0.39 is 29.1 Å². The number of amides is 2. The van der Waals surface area contributed by atoms with Crippen LogP contribution in [-0.2, 0) is 11.3 Å². The van der Waals surface area contributed by atoms with Crippen LogP contribution in [0.2, 0.25) is 0 Å². The summed E-state index contributed by atoms with van der Waals surface area (Å²) in [6, 6.07) is 7.96. The number of likely N-dealkylation sites (N-methyl/N-ethyl adjacent to an activating group) is 1. The number of carbonyl (C=O) groups is 2. The van der Waals surface area contributed by atoms with Crippen LogP contribution in [-0.4, -0.2) is 57.2 Å². The minimum Gasteiger partial charge on any atom is -0.347 e. The van der Waals surface area contributed by atoms with Gasteiger partial charge >= 0.3 is 6.18 Å². The number of hydrogen-bond acceptors (Lipinski definition) is 7. The number of rotatable bonds is 8. The predicted molar refractivity (Wildman–Crippen MR) is 130 cm³/mol. The molecule has 0 atom stereocenters. The minimum atomic E-state index is -4.79. The minimum absolute atomic E-state index is 0.0876. The van der Waals surface area contributed by atoms with Crippen LogP contribution in [0.25, 0.3) is 0 Å². The smallest absolute Gasteiger partial charge is 0.347 e. The van der Waals surface area contributed by atoms with Crippen molar-refractivity contribution in [1.82, 2.24) is 19.4 Å². The molecule has 0 fully saturated rings. The summed E-state index contributed by atoms with van der Waals surface area (Å²) in [4.78, 5) is 45.5. The molecule has 2 amide bonds. The highest BCUT2D eigenvalue weighted by atomic mass is 19.4. The fraction of sp³-hybridized carbons (Fsp3) is 0.167. The van der Waals surface area contributed by atoms with Gasteiger partial charge in [0.1, 0.15) is 18.1 Å². The van der Waals surface area contributed by atoms with Crippen molar-refractivity contribution >= 4 is 29.0 Å². The summed E-state index contributed by atoms with van der Waals surface area (Å²) in [5.74, 6) is -1.12. The average molecular weight is 513 g/mol. The Hall–Kier alpha value is -4.81. The molecule has 0 aliphatic rings. The molecular weight excluding hydrogens is 491 g/mol. The van der Waals surface area contributed by atoms with Gasteiger partial charge in [-0.25, -0.2) is 4.98 Å². The summed E-state index contributed by atoms with van der Waals surface area (Å²) in [5.41, 5.74) is -1.60. The van der Waals surface area contributed by atoms with Gasteiger partial charge in [0.15, 0.2) is 0 Å². The van der Waals surface area contributed by atoms with E-state index in [-0.39, 0.29) is 35.1 Å². The molecule has 0 aliphatic carbocycles. The zero-order valence-electron chi connectivity index (χ0n) is 19.7. The lowest BCUT2D eigenvalue weighted by atomic mass is 10.1. The molecule has 37 heavy (non-hydrogen) atoms. The van der Waals surface area contributed by atoms with Gasteiger partial charge in [-0.3, -0.25) is 19.4 Å². The lowest BCUT2D eigenvalue weighted by Gasteiger charge is -2.15. The molecular formula is C24H22F3N7O3. The topological polar surface area (TPSA) is 133 Å². The molecule has 13 heteroatoms. The number of carbonyl (C=O) groups excluding carboxylic acids is 2. The maximum absolute atomic E-state index is 13.5. The molecule has 3 aromatic heterocycles. The molecule has 3 rings (SSSR count). The highest BCUT2D eigenvalue weighted by molar-refractivity contribution is 6.07. The van der Waals surface area contributed by atoms with Crippen LogP contribution >= 0.6 is 0 Å². The zero-order valence-corrected chi connectivity index (χ0v) is 19.7. The number of nitrogens with one attached hydrogen (secondary N) is 3. The van der Waals surface area contributed by atoms with Crippen LogP contribution in [0, 0.1) is 5.41 Å². The molecule has 3 aromatic rings. The van der Waals surface area contributed by atoms with Gasteiger partial charge in [0.2, 0.25) is 5.91 Å². The SMILES string of the molecule is CN(C)C(=O)Cn1cc(C(=O)Nc2ccc(N/C(=C\C(=N)c3cccnc3)C(F)(F)F)nc2)ccc1=O. The molecule has 3 heterocycles. The Morgan fingerprint density at radius 3 is 2.43 bits per heavy atom. The van der Waals surface area contributed by atoms with E-state index in [4.69, 9.17) is 5.41 Å². The molecule has 10 nitrogen and oxygen atoms in total. The largest absolute Gasteiger partial charge is 0.431 e. The number of nitrogens with zero attached hydrogens (tertiary/aromatic N) is 4. The normalized spacial score (nSPS) is 11.5. The first-order chi connectivity index (χ1) is 17.4. The molecule has 0 saturated carbocycles. The van der Waals surface area contributed by atoms with Crippen molar-refractivity contribution < 1.29 is 22.8 Å². The van der Waals surface area contributed by atoms with Crippen LogP contribution in [0.15, 0.2) is 77.8 Å². The zero-order chi connectivity index (χ0) is 27.2. The summed E-state index contributed by atoms with van der Waals surface area (Å²) < 4.78 is 41.7. The van der Waals surface area contributed by atoms with Gasteiger partial charge in [0.25, 0.3) is 11.5 Å².